The molecule has 3 rings (SSSR count). The lowest BCUT2D eigenvalue weighted by Gasteiger charge is -2.12. The van der Waals surface area contributed by atoms with Gasteiger partial charge in [0.15, 0.2) is 11.7 Å². The maximum atomic E-state index is 12.2. The van der Waals surface area contributed by atoms with Crippen LogP contribution in [0.25, 0.3) is 10.8 Å². The number of hydrogen-bond acceptors (Lipinski definition) is 5. The number of halogens is 1. The summed E-state index contributed by atoms with van der Waals surface area (Å²) in [5.41, 5.74) is 5.28. The van der Waals surface area contributed by atoms with Gasteiger partial charge in [-0.25, -0.2) is 0 Å². The molecule has 0 aromatic heterocycles. The topological polar surface area (TPSA) is 88.7 Å². The van der Waals surface area contributed by atoms with Crippen molar-refractivity contribution in [3.05, 3.63) is 70.7 Å². The monoisotopic (exact) mass is 487 g/mol. The van der Waals surface area contributed by atoms with Gasteiger partial charge in [0.25, 0.3) is 11.8 Å². The molecule has 0 aliphatic carbocycles. The first-order valence-corrected chi connectivity index (χ1v) is 10.0. The summed E-state index contributed by atoms with van der Waals surface area (Å²) in [4.78, 5) is 24.3. The smallest absolute Gasteiger partial charge is 0.269 e. The molecule has 0 unspecified atom stereocenters. The second-order valence-corrected chi connectivity index (χ2v) is 7.33. The number of carbonyl (C=O) groups excluding carboxylic acids is 2. The molecular weight excluding hydrogens is 470 g/mol. The fourth-order valence-electron chi connectivity index (χ4n) is 2.65. The van der Waals surface area contributed by atoms with Gasteiger partial charge in [0.1, 0.15) is 11.5 Å². The van der Waals surface area contributed by atoms with E-state index in [1.54, 1.807) is 24.3 Å². The van der Waals surface area contributed by atoms with E-state index in [0.717, 1.165) is 10.8 Å². The normalized spacial score (nSPS) is 10.2. The summed E-state index contributed by atoms with van der Waals surface area (Å²) in [5, 5.41) is 4.32. The fourth-order valence-corrected chi connectivity index (χ4v) is 3.36. The van der Waals surface area contributed by atoms with E-state index in [0.29, 0.717) is 21.5 Å². The lowest BCUT2D eigenvalue weighted by atomic mass is 10.1. The molecule has 0 aliphatic rings. The summed E-state index contributed by atoms with van der Waals surface area (Å²) in [6, 6.07) is 18.2. The Labute approximate surface area is 186 Å². The van der Waals surface area contributed by atoms with Crippen molar-refractivity contribution < 1.29 is 19.1 Å². The minimum absolute atomic E-state index is 0.0533. The highest BCUT2D eigenvalue weighted by atomic mass is 79.9. The van der Waals surface area contributed by atoms with Crippen LogP contribution in [0.1, 0.15) is 10.4 Å². The zero-order valence-electron chi connectivity index (χ0n) is 15.9. The Morgan fingerprint density at radius 2 is 1.77 bits per heavy atom. The number of amides is 2. The predicted molar refractivity (Wildman–Crippen MR) is 121 cm³/mol. The van der Waals surface area contributed by atoms with Gasteiger partial charge in [0.05, 0.1) is 11.6 Å². The van der Waals surface area contributed by atoms with E-state index in [-0.39, 0.29) is 11.7 Å². The van der Waals surface area contributed by atoms with Crippen LogP contribution in [-0.2, 0) is 4.79 Å². The van der Waals surface area contributed by atoms with Gasteiger partial charge in [-0.2, -0.15) is 0 Å². The molecule has 3 N–H and O–H groups in total. The molecule has 0 atom stereocenters. The largest absolute Gasteiger partial charge is 0.496 e. The van der Waals surface area contributed by atoms with Gasteiger partial charge < -0.3 is 9.47 Å². The SMILES string of the molecule is COc1ccc(C(=O)NNC(=S)NC(=O)COc2cccc3ccccc23)cc1Br. The number of hydrogen-bond donors (Lipinski definition) is 3. The van der Waals surface area contributed by atoms with Gasteiger partial charge in [-0.15, -0.1) is 0 Å². The number of hydrazine groups is 1. The van der Waals surface area contributed by atoms with Gasteiger partial charge in [0, 0.05) is 10.9 Å². The molecule has 0 saturated heterocycles. The van der Waals surface area contributed by atoms with Crippen LogP contribution in [0, 0.1) is 0 Å². The average molecular weight is 488 g/mol. The standard InChI is InChI=1S/C21H18BrN3O4S/c1-28-18-10-9-14(11-16(18)22)20(27)24-25-21(30)23-19(26)12-29-17-8-4-6-13-5-2-3-7-15(13)17/h2-11H,12H2,1H3,(H,24,27)(H2,23,25,26,30). The van der Waals surface area contributed by atoms with Crippen LogP contribution in [0.15, 0.2) is 65.1 Å². The molecule has 154 valence electrons. The molecule has 0 saturated carbocycles. The molecule has 0 heterocycles. The Kier molecular flexibility index (Phi) is 7.21. The van der Waals surface area contributed by atoms with Crippen molar-refractivity contribution in [3.63, 3.8) is 0 Å². The summed E-state index contributed by atoms with van der Waals surface area (Å²) in [7, 11) is 1.53. The molecule has 0 fully saturated rings. The molecule has 0 aliphatic heterocycles. The van der Waals surface area contributed by atoms with Crippen LogP contribution < -0.4 is 25.6 Å². The van der Waals surface area contributed by atoms with Crippen LogP contribution in [0.4, 0.5) is 0 Å². The molecule has 0 spiro atoms. The van der Waals surface area contributed by atoms with Gasteiger partial charge in [-0.1, -0.05) is 36.4 Å². The first kappa shape index (κ1) is 21.5. The number of nitrogens with one attached hydrogen (secondary N) is 3. The van der Waals surface area contributed by atoms with Crippen molar-refractivity contribution in [1.29, 1.82) is 0 Å². The van der Waals surface area contributed by atoms with Crippen molar-refractivity contribution in [1.82, 2.24) is 16.2 Å². The minimum Gasteiger partial charge on any atom is -0.496 e. The van der Waals surface area contributed by atoms with Gasteiger partial charge in [0.2, 0.25) is 0 Å². The van der Waals surface area contributed by atoms with Crippen molar-refractivity contribution in [2.45, 2.75) is 0 Å². The molecule has 0 radical (unpaired) electrons. The molecule has 7 nitrogen and oxygen atoms in total. The number of benzene rings is 3. The van der Waals surface area contributed by atoms with Crippen LogP contribution >= 0.6 is 28.1 Å². The Hall–Kier alpha value is -3.17. The van der Waals surface area contributed by atoms with E-state index in [1.165, 1.54) is 7.11 Å². The van der Waals surface area contributed by atoms with Crippen LogP contribution in [0.5, 0.6) is 11.5 Å². The molecule has 3 aromatic carbocycles. The van der Waals surface area contributed by atoms with Crippen LogP contribution in [0.3, 0.4) is 0 Å². The van der Waals surface area contributed by atoms with E-state index in [2.05, 4.69) is 32.1 Å². The number of rotatable bonds is 5. The predicted octanol–water partition coefficient (Wildman–Crippen LogP) is 3.33. The number of ether oxygens (including phenoxy) is 2. The number of fused-ring (bicyclic) bond motifs is 1. The Bertz CT molecular complexity index is 1100. The Morgan fingerprint density at radius 3 is 2.53 bits per heavy atom. The van der Waals surface area contributed by atoms with Gasteiger partial charge in [-0.05, 0) is 57.8 Å². The second kappa shape index (κ2) is 10.0. The first-order chi connectivity index (χ1) is 14.5. The van der Waals surface area contributed by atoms with E-state index in [4.69, 9.17) is 21.7 Å². The Morgan fingerprint density at radius 1 is 1.00 bits per heavy atom. The minimum atomic E-state index is -0.457. The van der Waals surface area contributed by atoms with Gasteiger partial charge in [-0.3, -0.25) is 25.8 Å². The number of thiocarbonyl (C=S) groups is 1. The van der Waals surface area contributed by atoms with E-state index in [9.17, 15) is 9.59 Å². The molecule has 9 heteroatoms. The average Bonchev–Trinajstić information content (AvgIpc) is 2.76. The van der Waals surface area contributed by atoms with Crippen molar-refractivity contribution in [3.8, 4) is 11.5 Å². The summed E-state index contributed by atoms with van der Waals surface area (Å²) < 4.78 is 11.4. The van der Waals surface area contributed by atoms with Gasteiger partial charge >= 0.3 is 0 Å². The van der Waals surface area contributed by atoms with Crippen molar-refractivity contribution in [2.75, 3.05) is 13.7 Å². The summed E-state index contributed by atoms with van der Waals surface area (Å²) in [6.45, 7) is -0.227. The molecule has 3 aromatic rings. The summed E-state index contributed by atoms with van der Waals surface area (Å²) in [5.74, 6) is 0.317. The Balaban J connectivity index is 1.48. The highest BCUT2D eigenvalue weighted by Gasteiger charge is 2.11. The third-order valence-electron chi connectivity index (χ3n) is 4.06. The zero-order chi connectivity index (χ0) is 21.5. The second-order valence-electron chi connectivity index (χ2n) is 6.07. The van der Waals surface area contributed by atoms with E-state index >= 15 is 0 Å². The molecular formula is C21H18BrN3O4S. The van der Waals surface area contributed by atoms with E-state index in [1.807, 2.05) is 36.4 Å². The quantitative estimate of drug-likeness (QED) is 0.377. The van der Waals surface area contributed by atoms with Crippen LogP contribution in [0.2, 0.25) is 0 Å². The molecule has 30 heavy (non-hydrogen) atoms. The summed E-state index contributed by atoms with van der Waals surface area (Å²) >= 11 is 8.35. The first-order valence-electron chi connectivity index (χ1n) is 8.82. The highest BCUT2D eigenvalue weighted by molar-refractivity contribution is 9.10. The van der Waals surface area contributed by atoms with Crippen molar-refractivity contribution in [2.24, 2.45) is 0 Å². The highest BCUT2D eigenvalue weighted by Crippen LogP contribution is 2.26. The fraction of sp³-hybridized carbons (Fsp3) is 0.0952. The number of methoxy groups -OCH3 is 1. The third kappa shape index (κ3) is 5.46. The van der Waals surface area contributed by atoms with Crippen molar-refractivity contribution >= 4 is 55.8 Å². The lowest BCUT2D eigenvalue weighted by molar-refractivity contribution is -0.121. The molecule has 2 amide bonds. The zero-order valence-corrected chi connectivity index (χ0v) is 18.3. The van der Waals surface area contributed by atoms with E-state index < -0.39 is 11.8 Å². The van der Waals surface area contributed by atoms with Crippen LogP contribution in [-0.4, -0.2) is 30.6 Å². The maximum Gasteiger partial charge on any atom is 0.269 e. The lowest BCUT2D eigenvalue weighted by Crippen LogP contribution is -2.49. The number of carbonyl (C=O) groups is 2. The molecule has 0 bridgehead atoms. The maximum absolute atomic E-state index is 12.2. The summed E-state index contributed by atoms with van der Waals surface area (Å²) in [6.07, 6.45) is 0. The third-order valence-corrected chi connectivity index (χ3v) is 4.89.